The van der Waals surface area contributed by atoms with Crippen LogP contribution in [0.4, 0.5) is 0 Å². The monoisotopic (exact) mass is 300 g/mol. The van der Waals surface area contributed by atoms with Crippen molar-refractivity contribution in [3.05, 3.63) is 36.0 Å². The van der Waals surface area contributed by atoms with Crippen LogP contribution in [-0.4, -0.2) is 21.6 Å². The lowest BCUT2D eigenvalue weighted by atomic mass is 9.82. The average Bonchev–Trinajstić information content (AvgIpc) is 2.90. The van der Waals surface area contributed by atoms with E-state index in [1.807, 2.05) is 24.4 Å². The number of carbonyl (C=O) groups excluding carboxylic acids is 1. The first-order valence-corrected chi connectivity index (χ1v) is 7.66. The highest BCUT2D eigenvalue weighted by Crippen LogP contribution is 2.31. The molecule has 0 unspecified atom stereocenters. The van der Waals surface area contributed by atoms with Gasteiger partial charge in [-0.3, -0.25) is 9.59 Å². The smallest absolute Gasteiger partial charge is 0.306 e. The van der Waals surface area contributed by atoms with Crippen LogP contribution < -0.4 is 5.73 Å². The number of amides is 1. The lowest BCUT2D eigenvalue weighted by Crippen LogP contribution is -2.23. The molecule has 1 aromatic heterocycles. The zero-order valence-electron chi connectivity index (χ0n) is 12.4. The third-order valence-electron chi connectivity index (χ3n) is 4.71. The van der Waals surface area contributed by atoms with Crippen LogP contribution in [0.5, 0.6) is 0 Å². The Morgan fingerprint density at radius 2 is 1.91 bits per heavy atom. The van der Waals surface area contributed by atoms with Gasteiger partial charge in [-0.1, -0.05) is 6.07 Å². The minimum atomic E-state index is -0.670. The summed E-state index contributed by atoms with van der Waals surface area (Å²) in [5.41, 5.74) is 6.87. The molecule has 3 rings (SSSR count). The van der Waals surface area contributed by atoms with Gasteiger partial charge in [0.1, 0.15) is 0 Å². The number of carbonyl (C=O) groups is 2. The largest absolute Gasteiger partial charge is 0.481 e. The van der Waals surface area contributed by atoms with Crippen LogP contribution in [0.1, 0.15) is 36.0 Å². The lowest BCUT2D eigenvalue weighted by molar-refractivity contribution is -0.143. The van der Waals surface area contributed by atoms with E-state index in [2.05, 4.69) is 4.57 Å². The van der Waals surface area contributed by atoms with Gasteiger partial charge in [0.2, 0.25) is 5.91 Å². The summed E-state index contributed by atoms with van der Waals surface area (Å²) in [6.45, 7) is 0.859. The molecule has 0 radical (unpaired) electrons. The minimum Gasteiger partial charge on any atom is -0.481 e. The van der Waals surface area contributed by atoms with E-state index < -0.39 is 11.9 Å². The van der Waals surface area contributed by atoms with Gasteiger partial charge in [-0.05, 0) is 55.2 Å². The van der Waals surface area contributed by atoms with E-state index in [0.717, 1.165) is 43.1 Å². The summed E-state index contributed by atoms with van der Waals surface area (Å²) in [7, 11) is 0. The molecule has 1 aliphatic carbocycles. The molecule has 1 fully saturated rings. The summed E-state index contributed by atoms with van der Waals surface area (Å²) >= 11 is 0. The van der Waals surface area contributed by atoms with Gasteiger partial charge in [-0.25, -0.2) is 0 Å². The molecule has 0 spiro atoms. The van der Waals surface area contributed by atoms with Gasteiger partial charge in [0, 0.05) is 23.8 Å². The number of nitrogens with two attached hydrogens (primary N) is 1. The first kappa shape index (κ1) is 14.6. The molecular formula is C17H20N2O3. The molecule has 116 valence electrons. The quantitative estimate of drug-likeness (QED) is 0.910. The molecule has 1 heterocycles. The predicted molar refractivity (Wildman–Crippen MR) is 83.5 cm³/mol. The van der Waals surface area contributed by atoms with Gasteiger partial charge in [0.25, 0.3) is 0 Å². The summed E-state index contributed by atoms with van der Waals surface area (Å²) < 4.78 is 2.15. The Hall–Kier alpha value is -2.30. The molecule has 5 heteroatoms. The van der Waals surface area contributed by atoms with Crippen molar-refractivity contribution in [3.8, 4) is 0 Å². The maximum atomic E-state index is 11.3. The standard InChI is InChI=1S/C17H20N2O3/c18-16(20)14-6-5-12-7-8-19(15(12)9-14)10-11-1-3-13(4-2-11)17(21)22/h5-9,11,13H,1-4,10H2,(H2,18,20)(H,21,22). The Morgan fingerprint density at radius 1 is 1.18 bits per heavy atom. The number of carboxylic acids is 1. The van der Waals surface area contributed by atoms with Gasteiger partial charge < -0.3 is 15.4 Å². The van der Waals surface area contributed by atoms with Crippen LogP contribution in [0.25, 0.3) is 10.9 Å². The maximum absolute atomic E-state index is 11.3. The summed E-state index contributed by atoms with van der Waals surface area (Å²) in [6.07, 6.45) is 5.41. The molecule has 2 aromatic rings. The van der Waals surface area contributed by atoms with Gasteiger partial charge in [0.05, 0.1) is 5.92 Å². The molecule has 0 aliphatic heterocycles. The fourth-order valence-corrected chi connectivity index (χ4v) is 3.37. The zero-order valence-corrected chi connectivity index (χ0v) is 12.4. The van der Waals surface area contributed by atoms with Crippen LogP contribution in [0, 0.1) is 11.8 Å². The van der Waals surface area contributed by atoms with Crippen molar-refractivity contribution in [1.82, 2.24) is 4.57 Å². The summed E-state index contributed by atoms with van der Waals surface area (Å²) in [6, 6.07) is 7.52. The average molecular weight is 300 g/mol. The molecule has 1 aliphatic rings. The van der Waals surface area contributed by atoms with Gasteiger partial charge in [-0.15, -0.1) is 0 Å². The molecule has 3 N–H and O–H groups in total. The maximum Gasteiger partial charge on any atom is 0.306 e. The Labute approximate surface area is 128 Å². The van der Waals surface area contributed by atoms with Crippen LogP contribution >= 0.6 is 0 Å². The molecule has 5 nitrogen and oxygen atoms in total. The van der Waals surface area contributed by atoms with Crippen LogP contribution in [-0.2, 0) is 11.3 Å². The van der Waals surface area contributed by atoms with E-state index in [1.165, 1.54) is 0 Å². The second kappa shape index (κ2) is 5.83. The second-order valence-electron chi connectivity index (χ2n) is 6.16. The number of primary amides is 1. The number of hydrogen-bond acceptors (Lipinski definition) is 2. The first-order chi connectivity index (χ1) is 10.5. The molecular weight excluding hydrogens is 280 g/mol. The Kier molecular flexibility index (Phi) is 3.88. The van der Waals surface area contributed by atoms with E-state index in [0.29, 0.717) is 11.5 Å². The van der Waals surface area contributed by atoms with Gasteiger partial charge >= 0.3 is 5.97 Å². The number of aliphatic carboxylic acids is 1. The Balaban J connectivity index is 1.75. The first-order valence-electron chi connectivity index (χ1n) is 7.66. The molecule has 22 heavy (non-hydrogen) atoms. The number of carboxylic acid groups (broad SMARTS) is 1. The van der Waals surface area contributed by atoms with Gasteiger partial charge in [0.15, 0.2) is 0 Å². The predicted octanol–water partition coefficient (Wildman–Crippen LogP) is 2.63. The molecule has 1 saturated carbocycles. The Bertz CT molecular complexity index is 712. The van der Waals surface area contributed by atoms with E-state index in [9.17, 15) is 9.59 Å². The normalized spacial score (nSPS) is 21.8. The van der Waals surface area contributed by atoms with Crippen molar-refractivity contribution in [2.45, 2.75) is 32.2 Å². The molecule has 0 atom stereocenters. The van der Waals surface area contributed by atoms with Crippen molar-refractivity contribution in [1.29, 1.82) is 0 Å². The Morgan fingerprint density at radius 3 is 2.55 bits per heavy atom. The van der Waals surface area contributed by atoms with Crippen LogP contribution in [0.15, 0.2) is 30.5 Å². The molecule has 1 aromatic carbocycles. The van der Waals surface area contributed by atoms with Crippen molar-refractivity contribution < 1.29 is 14.7 Å². The third-order valence-corrected chi connectivity index (χ3v) is 4.71. The van der Waals surface area contributed by atoms with Crippen molar-refractivity contribution >= 4 is 22.8 Å². The van der Waals surface area contributed by atoms with Crippen LogP contribution in [0.2, 0.25) is 0 Å². The number of aromatic nitrogens is 1. The fourth-order valence-electron chi connectivity index (χ4n) is 3.37. The topological polar surface area (TPSA) is 85.3 Å². The number of rotatable bonds is 4. The van der Waals surface area contributed by atoms with E-state index >= 15 is 0 Å². The third kappa shape index (κ3) is 2.84. The highest BCUT2D eigenvalue weighted by Gasteiger charge is 2.26. The van der Waals surface area contributed by atoms with Crippen molar-refractivity contribution in [2.24, 2.45) is 17.6 Å². The number of benzene rings is 1. The highest BCUT2D eigenvalue weighted by atomic mass is 16.4. The van der Waals surface area contributed by atoms with E-state index in [1.54, 1.807) is 6.07 Å². The SMILES string of the molecule is NC(=O)c1ccc2ccn(CC3CCC(C(=O)O)CC3)c2c1. The molecule has 0 bridgehead atoms. The highest BCUT2D eigenvalue weighted by molar-refractivity contribution is 5.97. The van der Waals surface area contributed by atoms with Gasteiger partial charge in [-0.2, -0.15) is 0 Å². The van der Waals surface area contributed by atoms with Crippen molar-refractivity contribution in [3.63, 3.8) is 0 Å². The molecule has 1 amide bonds. The minimum absolute atomic E-state index is 0.181. The number of fused-ring (bicyclic) bond motifs is 1. The van der Waals surface area contributed by atoms with E-state index in [4.69, 9.17) is 10.8 Å². The van der Waals surface area contributed by atoms with Crippen LogP contribution in [0.3, 0.4) is 0 Å². The number of hydrogen-bond donors (Lipinski definition) is 2. The summed E-state index contributed by atoms with van der Waals surface area (Å²) in [5, 5.41) is 10.1. The van der Waals surface area contributed by atoms with Crippen molar-refractivity contribution in [2.75, 3.05) is 0 Å². The number of nitrogens with zero attached hydrogens (tertiary/aromatic N) is 1. The second-order valence-corrected chi connectivity index (χ2v) is 6.16. The lowest BCUT2D eigenvalue weighted by Gasteiger charge is -2.26. The summed E-state index contributed by atoms with van der Waals surface area (Å²) in [4.78, 5) is 22.3. The molecule has 0 saturated heterocycles. The zero-order chi connectivity index (χ0) is 15.7. The summed E-state index contributed by atoms with van der Waals surface area (Å²) in [5.74, 6) is -0.782. The van der Waals surface area contributed by atoms with E-state index in [-0.39, 0.29) is 5.92 Å². The fraction of sp³-hybridized carbons (Fsp3) is 0.412.